The van der Waals surface area contributed by atoms with E-state index in [0.29, 0.717) is 0 Å². The van der Waals surface area contributed by atoms with Crippen LogP contribution in [0.15, 0.2) is 47.6 Å². The maximum absolute atomic E-state index is 8.80. The standard InChI is InChI=1S/C18H27NO/c1-4-17-9-6-10-18(13-17)19-14-16(3)8-5-7-15(2)11-12-20/h6,8-11,13,19-20H,4-5,7,12,14H2,1-3H3. The van der Waals surface area contributed by atoms with E-state index in [1.54, 1.807) is 0 Å². The fourth-order valence-electron chi connectivity index (χ4n) is 2.02. The van der Waals surface area contributed by atoms with Crippen molar-refractivity contribution < 1.29 is 5.11 Å². The molecule has 0 aliphatic rings. The lowest BCUT2D eigenvalue weighted by Crippen LogP contribution is -2.03. The minimum absolute atomic E-state index is 0.143. The van der Waals surface area contributed by atoms with Crippen LogP contribution in [0.4, 0.5) is 5.69 Å². The molecule has 0 radical (unpaired) electrons. The van der Waals surface area contributed by atoms with Gasteiger partial charge in [-0.05, 0) is 50.8 Å². The highest BCUT2D eigenvalue weighted by atomic mass is 16.2. The molecule has 2 nitrogen and oxygen atoms in total. The van der Waals surface area contributed by atoms with E-state index in [4.69, 9.17) is 5.11 Å². The van der Waals surface area contributed by atoms with Crippen molar-refractivity contribution in [3.8, 4) is 0 Å². The Balaban J connectivity index is 2.38. The molecule has 0 aliphatic heterocycles. The fourth-order valence-corrected chi connectivity index (χ4v) is 2.02. The van der Waals surface area contributed by atoms with Crippen molar-refractivity contribution in [2.24, 2.45) is 0 Å². The fraction of sp³-hybridized carbons (Fsp3) is 0.444. The van der Waals surface area contributed by atoms with E-state index in [0.717, 1.165) is 25.8 Å². The molecule has 0 aromatic heterocycles. The Morgan fingerprint density at radius 2 is 2.00 bits per heavy atom. The van der Waals surface area contributed by atoms with E-state index < -0.39 is 0 Å². The van der Waals surface area contributed by atoms with Gasteiger partial charge in [0.15, 0.2) is 0 Å². The largest absolute Gasteiger partial charge is 0.392 e. The lowest BCUT2D eigenvalue weighted by molar-refractivity contribution is 0.341. The minimum atomic E-state index is 0.143. The Hall–Kier alpha value is -1.54. The lowest BCUT2D eigenvalue weighted by atomic mass is 10.1. The number of aliphatic hydroxyl groups excluding tert-OH is 1. The van der Waals surface area contributed by atoms with Crippen LogP contribution in [0.1, 0.15) is 39.2 Å². The highest BCUT2D eigenvalue weighted by Gasteiger charge is 1.95. The van der Waals surface area contributed by atoms with Gasteiger partial charge in [0.25, 0.3) is 0 Å². The van der Waals surface area contributed by atoms with Gasteiger partial charge in [0.2, 0.25) is 0 Å². The summed E-state index contributed by atoms with van der Waals surface area (Å²) in [6.45, 7) is 7.42. The molecular weight excluding hydrogens is 246 g/mol. The van der Waals surface area contributed by atoms with Crippen LogP contribution in [0.25, 0.3) is 0 Å². The Morgan fingerprint density at radius 1 is 1.20 bits per heavy atom. The topological polar surface area (TPSA) is 32.3 Å². The van der Waals surface area contributed by atoms with E-state index in [2.05, 4.69) is 56.4 Å². The third-order valence-corrected chi connectivity index (χ3v) is 3.38. The first kappa shape index (κ1) is 16.5. The molecule has 1 aromatic carbocycles. The maximum Gasteiger partial charge on any atom is 0.0614 e. The van der Waals surface area contributed by atoms with Crippen molar-refractivity contribution in [1.82, 2.24) is 0 Å². The molecule has 1 aromatic rings. The summed E-state index contributed by atoms with van der Waals surface area (Å²) < 4.78 is 0. The predicted octanol–water partition coefficient (Wildman–Crippen LogP) is 4.33. The number of rotatable bonds is 8. The van der Waals surface area contributed by atoms with E-state index >= 15 is 0 Å². The molecule has 0 spiro atoms. The van der Waals surface area contributed by atoms with Crippen LogP contribution in [0.3, 0.4) is 0 Å². The second-order valence-corrected chi connectivity index (χ2v) is 5.23. The SMILES string of the molecule is CCc1cccc(NCC(C)=CCCC(C)=CCO)c1. The van der Waals surface area contributed by atoms with Crippen molar-refractivity contribution in [2.45, 2.75) is 40.0 Å². The molecule has 0 heterocycles. The molecule has 2 N–H and O–H groups in total. The molecule has 0 unspecified atom stereocenters. The monoisotopic (exact) mass is 273 g/mol. The number of hydrogen-bond acceptors (Lipinski definition) is 2. The average molecular weight is 273 g/mol. The van der Waals surface area contributed by atoms with Crippen LogP contribution < -0.4 is 5.32 Å². The third-order valence-electron chi connectivity index (χ3n) is 3.38. The number of allylic oxidation sites excluding steroid dienone is 2. The van der Waals surface area contributed by atoms with Crippen molar-refractivity contribution in [2.75, 3.05) is 18.5 Å². The molecule has 0 atom stereocenters. The van der Waals surface area contributed by atoms with Gasteiger partial charge in [-0.3, -0.25) is 0 Å². The molecular formula is C18H27NO. The summed E-state index contributed by atoms with van der Waals surface area (Å²) in [7, 11) is 0. The second-order valence-electron chi connectivity index (χ2n) is 5.23. The molecule has 0 bridgehead atoms. The van der Waals surface area contributed by atoms with E-state index in [1.165, 1.54) is 22.4 Å². The summed E-state index contributed by atoms with van der Waals surface area (Å²) in [5.74, 6) is 0. The number of hydrogen-bond donors (Lipinski definition) is 2. The van der Waals surface area contributed by atoms with E-state index in [-0.39, 0.29) is 6.61 Å². The predicted molar refractivity (Wildman–Crippen MR) is 88.1 cm³/mol. The molecule has 110 valence electrons. The van der Waals surface area contributed by atoms with Crippen LogP contribution in [-0.2, 0) is 6.42 Å². The van der Waals surface area contributed by atoms with Crippen molar-refractivity contribution >= 4 is 5.69 Å². The third kappa shape index (κ3) is 6.58. The minimum Gasteiger partial charge on any atom is -0.392 e. The van der Waals surface area contributed by atoms with Gasteiger partial charge >= 0.3 is 0 Å². The number of benzene rings is 1. The first-order valence-electron chi connectivity index (χ1n) is 7.40. The van der Waals surface area contributed by atoms with Gasteiger partial charge in [-0.2, -0.15) is 0 Å². The Labute approximate surface area is 123 Å². The number of anilines is 1. The zero-order valence-corrected chi connectivity index (χ0v) is 12.9. The summed E-state index contributed by atoms with van der Waals surface area (Å²) in [4.78, 5) is 0. The Kier molecular flexibility index (Phi) is 7.74. The normalized spacial score (nSPS) is 12.6. The van der Waals surface area contributed by atoms with Crippen molar-refractivity contribution in [3.63, 3.8) is 0 Å². The zero-order chi connectivity index (χ0) is 14.8. The average Bonchev–Trinajstić information content (AvgIpc) is 2.45. The molecule has 0 amide bonds. The lowest BCUT2D eigenvalue weighted by Gasteiger charge is -2.08. The molecule has 2 heteroatoms. The second kappa shape index (κ2) is 9.38. The highest BCUT2D eigenvalue weighted by molar-refractivity contribution is 5.46. The van der Waals surface area contributed by atoms with Gasteiger partial charge in [0, 0.05) is 12.2 Å². The Bertz CT molecular complexity index is 460. The van der Waals surface area contributed by atoms with Gasteiger partial charge in [-0.15, -0.1) is 0 Å². The van der Waals surface area contributed by atoms with Gasteiger partial charge in [0.05, 0.1) is 6.61 Å². The molecule has 20 heavy (non-hydrogen) atoms. The first-order chi connectivity index (χ1) is 9.65. The number of aliphatic hydroxyl groups is 1. The van der Waals surface area contributed by atoms with Gasteiger partial charge in [0.1, 0.15) is 0 Å². The smallest absolute Gasteiger partial charge is 0.0614 e. The van der Waals surface area contributed by atoms with Crippen LogP contribution in [0, 0.1) is 0 Å². The molecule has 0 saturated heterocycles. The number of aryl methyl sites for hydroxylation is 1. The summed E-state index contributed by atoms with van der Waals surface area (Å²) in [6, 6.07) is 8.58. The van der Waals surface area contributed by atoms with Crippen molar-refractivity contribution in [1.29, 1.82) is 0 Å². The van der Waals surface area contributed by atoms with Gasteiger partial charge in [-0.25, -0.2) is 0 Å². The van der Waals surface area contributed by atoms with Crippen molar-refractivity contribution in [3.05, 3.63) is 53.1 Å². The van der Waals surface area contributed by atoms with Crippen LogP contribution in [-0.4, -0.2) is 18.3 Å². The summed E-state index contributed by atoms with van der Waals surface area (Å²) in [5, 5.41) is 12.3. The van der Waals surface area contributed by atoms with Crippen LogP contribution >= 0.6 is 0 Å². The number of nitrogens with one attached hydrogen (secondary N) is 1. The summed E-state index contributed by atoms with van der Waals surface area (Å²) in [5.41, 5.74) is 5.15. The molecule has 0 aliphatic carbocycles. The molecule has 0 saturated carbocycles. The first-order valence-corrected chi connectivity index (χ1v) is 7.40. The zero-order valence-electron chi connectivity index (χ0n) is 12.9. The van der Waals surface area contributed by atoms with Crippen LogP contribution in [0.2, 0.25) is 0 Å². The summed E-state index contributed by atoms with van der Waals surface area (Å²) in [6.07, 6.45) is 7.26. The molecule has 1 rings (SSSR count). The quantitative estimate of drug-likeness (QED) is 0.691. The Morgan fingerprint density at radius 3 is 2.70 bits per heavy atom. The van der Waals surface area contributed by atoms with Gasteiger partial charge in [-0.1, -0.05) is 42.4 Å². The van der Waals surface area contributed by atoms with Crippen LogP contribution in [0.5, 0.6) is 0 Å². The van der Waals surface area contributed by atoms with E-state index in [1.807, 2.05) is 6.08 Å². The maximum atomic E-state index is 8.80. The van der Waals surface area contributed by atoms with Gasteiger partial charge < -0.3 is 10.4 Å². The summed E-state index contributed by atoms with van der Waals surface area (Å²) >= 11 is 0. The highest BCUT2D eigenvalue weighted by Crippen LogP contribution is 2.12. The molecule has 0 fully saturated rings. The van der Waals surface area contributed by atoms with E-state index in [9.17, 15) is 0 Å².